The third-order valence-corrected chi connectivity index (χ3v) is 4.60. The number of methoxy groups -OCH3 is 1. The molecule has 2 aromatic rings. The van der Waals surface area contributed by atoms with Crippen LogP contribution in [0.2, 0.25) is 5.02 Å². The number of ether oxygens (including phenoxy) is 1. The number of fused-ring (bicyclic) bond motifs is 1. The lowest BCUT2D eigenvalue weighted by atomic mass is 10.1. The molecule has 0 aliphatic carbocycles. The first-order valence-corrected chi connectivity index (χ1v) is 8.79. The fourth-order valence-electron chi connectivity index (χ4n) is 2.96. The molecule has 0 fully saturated rings. The molecule has 1 N–H and O–H groups in total. The van der Waals surface area contributed by atoms with Gasteiger partial charge in [0.1, 0.15) is 0 Å². The molecule has 0 spiro atoms. The van der Waals surface area contributed by atoms with E-state index in [4.69, 9.17) is 16.3 Å². The first-order chi connectivity index (χ1) is 12.5. The van der Waals surface area contributed by atoms with Crippen molar-refractivity contribution in [2.45, 2.75) is 25.8 Å². The number of halogens is 1. The molecule has 6 nitrogen and oxygen atoms in total. The van der Waals surface area contributed by atoms with Gasteiger partial charge in [-0.3, -0.25) is 14.7 Å². The Bertz CT molecular complexity index is 823. The highest BCUT2D eigenvalue weighted by molar-refractivity contribution is 6.30. The van der Waals surface area contributed by atoms with Crippen LogP contribution in [0.4, 0.5) is 10.5 Å². The number of aromatic nitrogens is 1. The van der Waals surface area contributed by atoms with Gasteiger partial charge in [-0.15, -0.1) is 0 Å². The molecule has 1 aromatic heterocycles. The van der Waals surface area contributed by atoms with Crippen molar-refractivity contribution in [3.05, 3.63) is 58.4 Å². The van der Waals surface area contributed by atoms with Gasteiger partial charge in [0.25, 0.3) is 5.91 Å². The Morgan fingerprint density at radius 3 is 2.65 bits per heavy atom. The lowest BCUT2D eigenvalue weighted by Crippen LogP contribution is -2.36. The first kappa shape index (κ1) is 18.2. The predicted octanol–water partition coefficient (Wildman–Crippen LogP) is 3.75. The molecule has 1 aliphatic rings. The molecule has 1 unspecified atom stereocenters. The fraction of sp³-hybridized carbons (Fsp3) is 0.316. The van der Waals surface area contributed by atoms with Crippen molar-refractivity contribution in [2.24, 2.45) is 0 Å². The molecule has 0 radical (unpaired) electrons. The summed E-state index contributed by atoms with van der Waals surface area (Å²) in [6, 6.07) is 10.1. The minimum absolute atomic E-state index is 0.190. The number of nitrogens with one attached hydrogen (secondary N) is 1. The van der Waals surface area contributed by atoms with Crippen molar-refractivity contribution in [1.82, 2.24) is 10.3 Å². The topological polar surface area (TPSA) is 71.5 Å². The average molecular weight is 374 g/mol. The Hall–Kier alpha value is -2.60. The van der Waals surface area contributed by atoms with Gasteiger partial charge in [-0.1, -0.05) is 11.6 Å². The molecule has 2 amide bonds. The van der Waals surface area contributed by atoms with Gasteiger partial charge in [-0.05, 0) is 56.2 Å². The average Bonchev–Trinajstić information content (AvgIpc) is 2.66. The number of hydrogen-bond acceptors (Lipinski definition) is 4. The quantitative estimate of drug-likeness (QED) is 0.889. The number of pyridine rings is 1. The predicted molar refractivity (Wildman–Crippen MR) is 99.6 cm³/mol. The number of aryl methyl sites for hydroxylation is 1. The van der Waals surface area contributed by atoms with Crippen LogP contribution in [0.25, 0.3) is 0 Å². The Balaban J connectivity index is 1.76. The second kappa shape index (κ2) is 7.74. The maximum absolute atomic E-state index is 12.4. The SMILES string of the molecule is COC(=O)N1CCCc2nc(C(C)NC(=O)c3ccc(Cl)cc3)ccc21. The zero-order chi connectivity index (χ0) is 18.7. The maximum Gasteiger partial charge on any atom is 0.414 e. The second-order valence-corrected chi connectivity index (χ2v) is 6.57. The molecular weight excluding hydrogens is 354 g/mol. The van der Waals surface area contributed by atoms with E-state index in [2.05, 4.69) is 10.3 Å². The van der Waals surface area contributed by atoms with E-state index in [1.54, 1.807) is 29.2 Å². The molecule has 0 saturated heterocycles. The summed E-state index contributed by atoms with van der Waals surface area (Å²) < 4.78 is 4.83. The Morgan fingerprint density at radius 1 is 1.23 bits per heavy atom. The van der Waals surface area contributed by atoms with E-state index in [0.717, 1.165) is 29.9 Å². The minimum atomic E-state index is -0.385. The van der Waals surface area contributed by atoms with Gasteiger partial charge in [0.05, 0.1) is 30.2 Å². The summed E-state index contributed by atoms with van der Waals surface area (Å²) >= 11 is 5.85. The van der Waals surface area contributed by atoms with Gasteiger partial charge >= 0.3 is 6.09 Å². The summed E-state index contributed by atoms with van der Waals surface area (Å²) in [7, 11) is 1.37. The number of carbonyl (C=O) groups is 2. The Kier molecular flexibility index (Phi) is 5.42. The van der Waals surface area contributed by atoms with E-state index in [1.165, 1.54) is 7.11 Å². The van der Waals surface area contributed by atoms with Crippen LogP contribution in [0, 0.1) is 0 Å². The monoisotopic (exact) mass is 373 g/mol. The number of benzene rings is 1. The summed E-state index contributed by atoms with van der Waals surface area (Å²) in [5.41, 5.74) is 2.89. The van der Waals surface area contributed by atoms with E-state index in [1.807, 2.05) is 19.1 Å². The number of nitrogens with zero attached hydrogens (tertiary/aromatic N) is 2. The number of carbonyl (C=O) groups excluding carboxylic acids is 2. The molecule has 1 atom stereocenters. The number of rotatable bonds is 3. The fourth-order valence-corrected chi connectivity index (χ4v) is 3.09. The largest absolute Gasteiger partial charge is 0.452 e. The van der Waals surface area contributed by atoms with E-state index < -0.39 is 0 Å². The van der Waals surface area contributed by atoms with Crippen LogP contribution < -0.4 is 10.2 Å². The Morgan fingerprint density at radius 2 is 1.96 bits per heavy atom. The molecule has 1 aromatic carbocycles. The van der Waals surface area contributed by atoms with Gasteiger partial charge in [0, 0.05) is 17.1 Å². The lowest BCUT2D eigenvalue weighted by molar-refractivity contribution is 0.0939. The summed E-state index contributed by atoms with van der Waals surface area (Å²) in [6.07, 6.45) is 1.23. The van der Waals surface area contributed by atoms with Crippen molar-refractivity contribution in [1.29, 1.82) is 0 Å². The highest BCUT2D eigenvalue weighted by Gasteiger charge is 2.25. The van der Waals surface area contributed by atoms with Crippen molar-refractivity contribution in [3.63, 3.8) is 0 Å². The maximum atomic E-state index is 12.4. The number of amides is 2. The van der Waals surface area contributed by atoms with Crippen molar-refractivity contribution in [2.75, 3.05) is 18.6 Å². The lowest BCUT2D eigenvalue weighted by Gasteiger charge is -2.28. The van der Waals surface area contributed by atoms with Gasteiger partial charge < -0.3 is 10.1 Å². The van der Waals surface area contributed by atoms with Crippen LogP contribution in [0.1, 0.15) is 41.1 Å². The number of anilines is 1. The van der Waals surface area contributed by atoms with Crippen molar-refractivity contribution >= 4 is 29.3 Å². The van der Waals surface area contributed by atoms with Crippen molar-refractivity contribution in [3.8, 4) is 0 Å². The molecule has 2 heterocycles. The molecule has 26 heavy (non-hydrogen) atoms. The standard InChI is InChI=1S/C19H20ClN3O3/c1-12(21-18(24)13-5-7-14(20)8-6-13)15-9-10-17-16(22-15)4-3-11-23(17)19(25)26-2/h5-10,12H,3-4,11H2,1-2H3,(H,21,24). The van der Waals surface area contributed by atoms with Crippen LogP contribution in [0.3, 0.4) is 0 Å². The molecule has 136 valence electrons. The van der Waals surface area contributed by atoms with Gasteiger partial charge in [-0.2, -0.15) is 0 Å². The van der Waals surface area contributed by atoms with Crippen LogP contribution >= 0.6 is 11.6 Å². The molecule has 0 bridgehead atoms. The van der Waals surface area contributed by atoms with Crippen LogP contribution in [-0.2, 0) is 11.2 Å². The normalized spacial score (nSPS) is 14.3. The van der Waals surface area contributed by atoms with Crippen LogP contribution in [0.5, 0.6) is 0 Å². The van der Waals surface area contributed by atoms with Crippen LogP contribution in [0.15, 0.2) is 36.4 Å². The zero-order valence-corrected chi connectivity index (χ0v) is 15.4. The highest BCUT2D eigenvalue weighted by atomic mass is 35.5. The molecule has 1 aliphatic heterocycles. The van der Waals surface area contributed by atoms with E-state index in [9.17, 15) is 9.59 Å². The third kappa shape index (κ3) is 3.80. The summed E-state index contributed by atoms with van der Waals surface area (Å²) in [6.45, 7) is 2.49. The van der Waals surface area contributed by atoms with Crippen molar-refractivity contribution < 1.29 is 14.3 Å². The zero-order valence-electron chi connectivity index (χ0n) is 14.7. The van der Waals surface area contributed by atoms with Crippen LogP contribution in [-0.4, -0.2) is 30.6 Å². The van der Waals surface area contributed by atoms with E-state index in [-0.39, 0.29) is 18.0 Å². The molecule has 0 saturated carbocycles. The second-order valence-electron chi connectivity index (χ2n) is 6.13. The van der Waals surface area contributed by atoms with Gasteiger partial charge in [0.2, 0.25) is 0 Å². The summed E-state index contributed by atoms with van der Waals surface area (Å²) in [5.74, 6) is -0.190. The summed E-state index contributed by atoms with van der Waals surface area (Å²) in [4.78, 5) is 30.5. The summed E-state index contributed by atoms with van der Waals surface area (Å²) in [5, 5.41) is 3.52. The third-order valence-electron chi connectivity index (χ3n) is 4.35. The molecule has 3 rings (SSSR count). The minimum Gasteiger partial charge on any atom is -0.452 e. The number of hydrogen-bond donors (Lipinski definition) is 1. The molecular formula is C19H20ClN3O3. The first-order valence-electron chi connectivity index (χ1n) is 8.41. The Labute approximate surface area is 157 Å². The highest BCUT2D eigenvalue weighted by Crippen LogP contribution is 2.27. The molecule has 7 heteroatoms. The van der Waals surface area contributed by atoms with Gasteiger partial charge in [-0.25, -0.2) is 4.79 Å². The van der Waals surface area contributed by atoms with E-state index in [0.29, 0.717) is 17.1 Å². The smallest absolute Gasteiger partial charge is 0.414 e. The van der Waals surface area contributed by atoms with E-state index >= 15 is 0 Å². The van der Waals surface area contributed by atoms with Gasteiger partial charge in [0.15, 0.2) is 0 Å².